The summed E-state index contributed by atoms with van der Waals surface area (Å²) in [7, 11) is 2.11. The summed E-state index contributed by atoms with van der Waals surface area (Å²) >= 11 is 0. The highest BCUT2D eigenvalue weighted by atomic mass is 14.9. The van der Waals surface area contributed by atoms with Crippen molar-refractivity contribution in [2.45, 2.75) is 58.4 Å². The van der Waals surface area contributed by atoms with Crippen LogP contribution in [-0.4, -0.2) is 7.05 Å². The maximum atomic E-state index is 3.54. The van der Waals surface area contributed by atoms with Gasteiger partial charge >= 0.3 is 0 Å². The second kappa shape index (κ2) is 6.38. The van der Waals surface area contributed by atoms with Crippen molar-refractivity contribution in [1.82, 2.24) is 5.32 Å². The standard InChI is InChI=1S/C17H27N/c1-4-13-9-10-15(5-2)16(11-13)17(18-3)12-14-7-6-8-14/h9-11,14,17-18H,4-8,12H2,1-3H3. The average Bonchev–Trinajstić information content (AvgIpc) is 2.37. The molecule has 0 bridgehead atoms. The van der Waals surface area contributed by atoms with Gasteiger partial charge in [0.25, 0.3) is 0 Å². The quantitative estimate of drug-likeness (QED) is 0.789. The van der Waals surface area contributed by atoms with Gasteiger partial charge < -0.3 is 5.32 Å². The van der Waals surface area contributed by atoms with E-state index in [0.29, 0.717) is 6.04 Å². The van der Waals surface area contributed by atoms with Gasteiger partial charge in [-0.3, -0.25) is 0 Å². The van der Waals surface area contributed by atoms with E-state index in [4.69, 9.17) is 0 Å². The Labute approximate surface area is 112 Å². The van der Waals surface area contributed by atoms with Crippen LogP contribution in [0.1, 0.15) is 62.3 Å². The predicted octanol–water partition coefficient (Wildman–Crippen LogP) is 4.26. The van der Waals surface area contributed by atoms with E-state index in [9.17, 15) is 0 Å². The molecule has 0 aromatic heterocycles. The Balaban J connectivity index is 2.20. The van der Waals surface area contributed by atoms with Crippen molar-refractivity contribution in [3.63, 3.8) is 0 Å². The van der Waals surface area contributed by atoms with Crippen molar-refractivity contribution in [3.8, 4) is 0 Å². The number of benzene rings is 1. The highest BCUT2D eigenvalue weighted by Crippen LogP contribution is 2.35. The number of hydrogen-bond acceptors (Lipinski definition) is 1. The molecule has 2 rings (SSSR count). The molecular weight excluding hydrogens is 218 g/mol. The average molecular weight is 245 g/mol. The molecule has 0 radical (unpaired) electrons. The van der Waals surface area contributed by atoms with E-state index in [1.54, 1.807) is 5.56 Å². The fourth-order valence-electron chi connectivity index (χ4n) is 2.97. The summed E-state index contributed by atoms with van der Waals surface area (Å²) in [5, 5.41) is 3.54. The smallest absolute Gasteiger partial charge is 0.0323 e. The second-order valence-electron chi connectivity index (χ2n) is 5.61. The Hall–Kier alpha value is -0.820. The van der Waals surface area contributed by atoms with Gasteiger partial charge in [0.15, 0.2) is 0 Å². The highest BCUT2D eigenvalue weighted by Gasteiger charge is 2.23. The van der Waals surface area contributed by atoms with Gasteiger partial charge in [0.2, 0.25) is 0 Å². The molecule has 1 aromatic carbocycles. The molecule has 1 atom stereocenters. The lowest BCUT2D eigenvalue weighted by Crippen LogP contribution is -2.24. The molecule has 100 valence electrons. The van der Waals surface area contributed by atoms with Gasteiger partial charge in [0.05, 0.1) is 0 Å². The molecule has 1 fully saturated rings. The Morgan fingerprint density at radius 2 is 2.00 bits per heavy atom. The molecule has 1 aliphatic carbocycles. The molecule has 0 heterocycles. The first-order valence-corrected chi connectivity index (χ1v) is 7.57. The first kappa shape index (κ1) is 13.6. The summed E-state index contributed by atoms with van der Waals surface area (Å²) in [6.07, 6.45) is 7.91. The molecule has 0 aliphatic heterocycles. The van der Waals surface area contributed by atoms with Crippen molar-refractivity contribution in [2.24, 2.45) is 5.92 Å². The molecule has 0 spiro atoms. The maximum absolute atomic E-state index is 3.54. The highest BCUT2D eigenvalue weighted by molar-refractivity contribution is 5.34. The van der Waals surface area contributed by atoms with Crippen LogP contribution in [0.5, 0.6) is 0 Å². The fourth-order valence-corrected chi connectivity index (χ4v) is 2.97. The van der Waals surface area contributed by atoms with E-state index >= 15 is 0 Å². The van der Waals surface area contributed by atoms with E-state index in [-0.39, 0.29) is 0 Å². The molecule has 0 amide bonds. The molecule has 1 saturated carbocycles. The summed E-state index contributed by atoms with van der Waals surface area (Å²) < 4.78 is 0. The van der Waals surface area contributed by atoms with E-state index in [2.05, 4.69) is 44.4 Å². The van der Waals surface area contributed by atoms with Crippen LogP contribution in [0.2, 0.25) is 0 Å². The maximum Gasteiger partial charge on any atom is 0.0323 e. The van der Waals surface area contributed by atoms with Crippen molar-refractivity contribution in [1.29, 1.82) is 0 Å². The predicted molar refractivity (Wildman–Crippen MR) is 79.0 cm³/mol. The van der Waals surface area contributed by atoms with Crippen LogP contribution in [0.3, 0.4) is 0 Å². The molecule has 1 aliphatic rings. The van der Waals surface area contributed by atoms with Gasteiger partial charge in [0, 0.05) is 6.04 Å². The summed E-state index contributed by atoms with van der Waals surface area (Å²) in [6.45, 7) is 4.51. The van der Waals surface area contributed by atoms with Crippen LogP contribution in [-0.2, 0) is 12.8 Å². The van der Waals surface area contributed by atoms with E-state index in [1.807, 2.05) is 0 Å². The van der Waals surface area contributed by atoms with Gasteiger partial charge in [-0.1, -0.05) is 51.3 Å². The lowest BCUT2D eigenvalue weighted by molar-refractivity contribution is 0.265. The van der Waals surface area contributed by atoms with Crippen LogP contribution in [0.25, 0.3) is 0 Å². The van der Waals surface area contributed by atoms with Gasteiger partial charge in [0.1, 0.15) is 0 Å². The first-order valence-electron chi connectivity index (χ1n) is 7.57. The van der Waals surface area contributed by atoms with Crippen molar-refractivity contribution >= 4 is 0 Å². The zero-order valence-electron chi connectivity index (χ0n) is 12.1. The number of rotatable bonds is 6. The van der Waals surface area contributed by atoms with E-state index < -0.39 is 0 Å². The summed E-state index contributed by atoms with van der Waals surface area (Å²) in [4.78, 5) is 0. The van der Waals surface area contributed by atoms with Crippen molar-refractivity contribution in [2.75, 3.05) is 7.05 Å². The monoisotopic (exact) mass is 245 g/mol. The third kappa shape index (κ3) is 2.95. The second-order valence-corrected chi connectivity index (χ2v) is 5.61. The molecular formula is C17H27N. The SMILES string of the molecule is CCc1ccc(CC)c(C(CC2CCC2)NC)c1. The summed E-state index contributed by atoms with van der Waals surface area (Å²) in [5.41, 5.74) is 4.54. The van der Waals surface area contributed by atoms with Crippen LogP contribution in [0, 0.1) is 5.92 Å². The van der Waals surface area contributed by atoms with Crippen LogP contribution < -0.4 is 5.32 Å². The first-order chi connectivity index (χ1) is 8.78. The van der Waals surface area contributed by atoms with Crippen LogP contribution >= 0.6 is 0 Å². The van der Waals surface area contributed by atoms with Gasteiger partial charge in [-0.05, 0) is 48.9 Å². The summed E-state index contributed by atoms with van der Waals surface area (Å²) in [5.74, 6) is 0.956. The lowest BCUT2D eigenvalue weighted by Gasteiger charge is -2.31. The minimum absolute atomic E-state index is 0.553. The summed E-state index contributed by atoms with van der Waals surface area (Å²) in [6, 6.07) is 7.60. The van der Waals surface area contributed by atoms with Crippen molar-refractivity contribution < 1.29 is 0 Å². The third-order valence-corrected chi connectivity index (χ3v) is 4.52. The molecule has 1 aromatic rings. The van der Waals surface area contributed by atoms with E-state index in [1.165, 1.54) is 36.8 Å². The normalized spacial score (nSPS) is 17.5. The molecule has 1 unspecified atom stereocenters. The molecule has 1 heteroatoms. The van der Waals surface area contributed by atoms with Crippen LogP contribution in [0.4, 0.5) is 0 Å². The molecule has 0 saturated heterocycles. The van der Waals surface area contributed by atoms with Gasteiger partial charge in [-0.2, -0.15) is 0 Å². The van der Waals surface area contributed by atoms with Gasteiger partial charge in [-0.15, -0.1) is 0 Å². The number of aryl methyl sites for hydroxylation is 2. The Morgan fingerprint density at radius 3 is 2.50 bits per heavy atom. The molecule has 18 heavy (non-hydrogen) atoms. The topological polar surface area (TPSA) is 12.0 Å². The minimum Gasteiger partial charge on any atom is -0.313 e. The van der Waals surface area contributed by atoms with Crippen molar-refractivity contribution in [3.05, 3.63) is 34.9 Å². The third-order valence-electron chi connectivity index (χ3n) is 4.52. The zero-order chi connectivity index (χ0) is 13.0. The molecule has 1 nitrogen and oxygen atoms in total. The Kier molecular flexibility index (Phi) is 4.82. The minimum atomic E-state index is 0.553. The van der Waals surface area contributed by atoms with Crippen LogP contribution in [0.15, 0.2) is 18.2 Å². The lowest BCUT2D eigenvalue weighted by atomic mass is 9.78. The Bertz CT molecular complexity index is 379. The number of hydrogen-bond donors (Lipinski definition) is 1. The van der Waals surface area contributed by atoms with E-state index in [0.717, 1.165) is 18.8 Å². The fraction of sp³-hybridized carbons (Fsp3) is 0.647. The van der Waals surface area contributed by atoms with Gasteiger partial charge in [-0.25, -0.2) is 0 Å². The number of nitrogens with one attached hydrogen (secondary N) is 1. The zero-order valence-corrected chi connectivity index (χ0v) is 12.1. The Morgan fingerprint density at radius 1 is 1.22 bits per heavy atom. The molecule has 1 N–H and O–H groups in total. The largest absolute Gasteiger partial charge is 0.313 e.